The van der Waals surface area contributed by atoms with Crippen LogP contribution in [0.25, 0.3) is 11.1 Å². The van der Waals surface area contributed by atoms with Gasteiger partial charge in [0.2, 0.25) is 0 Å². The molecule has 0 fully saturated rings. The van der Waals surface area contributed by atoms with Crippen molar-refractivity contribution in [2.45, 2.75) is 13.3 Å². The second-order valence-corrected chi connectivity index (χ2v) is 6.34. The van der Waals surface area contributed by atoms with E-state index in [-0.39, 0.29) is 11.9 Å². The van der Waals surface area contributed by atoms with Crippen LogP contribution in [-0.4, -0.2) is 32.8 Å². The van der Waals surface area contributed by atoms with Gasteiger partial charge in [-0.2, -0.15) is 0 Å². The van der Waals surface area contributed by atoms with E-state index in [0.29, 0.717) is 31.0 Å². The van der Waals surface area contributed by atoms with Gasteiger partial charge in [-0.15, -0.1) is 0 Å². The largest absolute Gasteiger partial charge is 0.462 e. The number of rotatable bonds is 10. The van der Waals surface area contributed by atoms with E-state index in [2.05, 4.69) is 6.58 Å². The molecule has 27 heavy (non-hydrogen) atoms. The fourth-order valence-electron chi connectivity index (χ4n) is 2.67. The van der Waals surface area contributed by atoms with E-state index in [1.165, 1.54) is 0 Å². The van der Waals surface area contributed by atoms with Gasteiger partial charge >= 0.3 is 5.97 Å². The van der Waals surface area contributed by atoms with Gasteiger partial charge < -0.3 is 14.2 Å². The van der Waals surface area contributed by atoms with Gasteiger partial charge in [-0.05, 0) is 42.2 Å². The number of carbonyl (C=O) groups excluding carboxylic acids is 2. The number of hydrogen-bond donors (Lipinski definition) is 0. The number of methoxy groups -OCH3 is 1. The summed E-state index contributed by atoms with van der Waals surface area (Å²) in [6.45, 7) is 6.42. The van der Waals surface area contributed by atoms with Crippen LogP contribution in [0.3, 0.4) is 0 Å². The summed E-state index contributed by atoms with van der Waals surface area (Å²) in [5.74, 6) is 0.203. The number of hydrogen-bond acceptors (Lipinski definition) is 5. The van der Waals surface area contributed by atoms with Gasteiger partial charge in [0, 0.05) is 18.6 Å². The molecule has 0 amide bonds. The number of carbonyl (C=O) groups is 2. The minimum Gasteiger partial charge on any atom is -0.462 e. The Morgan fingerprint density at radius 1 is 1.04 bits per heavy atom. The lowest BCUT2D eigenvalue weighted by Crippen LogP contribution is -2.20. The van der Waals surface area contributed by atoms with Gasteiger partial charge in [0.15, 0.2) is 0 Å². The van der Waals surface area contributed by atoms with E-state index in [9.17, 15) is 9.59 Å². The minimum atomic E-state index is -0.381. The average molecular weight is 368 g/mol. The quantitative estimate of drug-likeness (QED) is 0.362. The summed E-state index contributed by atoms with van der Waals surface area (Å²) in [6.07, 6.45) is 0.740. The molecule has 2 aromatic carbocycles. The predicted molar refractivity (Wildman–Crippen MR) is 103 cm³/mol. The fraction of sp³-hybridized carbons (Fsp3) is 0.273. The topological polar surface area (TPSA) is 61.8 Å². The Bertz CT molecular complexity index is 762. The van der Waals surface area contributed by atoms with Gasteiger partial charge in [-0.25, -0.2) is 4.79 Å². The second kappa shape index (κ2) is 10.3. The molecule has 5 heteroatoms. The SMILES string of the molecule is C=C(C)C(=O)OCC(COC)Cc1ccc(-c2ccc(OC=O)cc2)cc1. The highest BCUT2D eigenvalue weighted by Crippen LogP contribution is 2.23. The fourth-order valence-corrected chi connectivity index (χ4v) is 2.67. The first kappa shape index (κ1) is 20.4. The molecule has 0 heterocycles. The molecule has 0 spiro atoms. The highest BCUT2D eigenvalue weighted by molar-refractivity contribution is 5.86. The van der Waals surface area contributed by atoms with E-state index in [1.807, 2.05) is 36.4 Å². The van der Waals surface area contributed by atoms with E-state index in [1.54, 1.807) is 26.2 Å². The van der Waals surface area contributed by atoms with Crippen LogP contribution in [0.15, 0.2) is 60.7 Å². The zero-order chi connectivity index (χ0) is 19.6. The normalized spacial score (nSPS) is 11.5. The van der Waals surface area contributed by atoms with Crippen LogP contribution in [0.5, 0.6) is 5.75 Å². The third-order valence-electron chi connectivity index (χ3n) is 4.05. The highest BCUT2D eigenvalue weighted by atomic mass is 16.5. The first-order valence-corrected chi connectivity index (χ1v) is 8.64. The first-order valence-electron chi connectivity index (χ1n) is 8.64. The molecule has 1 atom stereocenters. The zero-order valence-electron chi connectivity index (χ0n) is 15.6. The van der Waals surface area contributed by atoms with E-state index in [4.69, 9.17) is 14.2 Å². The Hall–Kier alpha value is -2.92. The van der Waals surface area contributed by atoms with Gasteiger partial charge in [-0.3, -0.25) is 4.79 Å². The van der Waals surface area contributed by atoms with Crippen LogP contribution in [0.4, 0.5) is 0 Å². The lowest BCUT2D eigenvalue weighted by Gasteiger charge is -2.16. The van der Waals surface area contributed by atoms with Crippen molar-refractivity contribution in [1.82, 2.24) is 0 Å². The minimum absolute atomic E-state index is 0.0731. The smallest absolute Gasteiger partial charge is 0.333 e. The predicted octanol–water partition coefficient (Wildman–Crippen LogP) is 3.81. The van der Waals surface area contributed by atoms with Crippen LogP contribution in [0, 0.1) is 5.92 Å². The molecule has 1 unspecified atom stereocenters. The van der Waals surface area contributed by atoms with Gasteiger partial charge in [0.05, 0.1) is 13.2 Å². The average Bonchev–Trinajstić information content (AvgIpc) is 2.67. The summed E-state index contributed by atoms with van der Waals surface area (Å²) >= 11 is 0. The van der Waals surface area contributed by atoms with Gasteiger partial charge in [-0.1, -0.05) is 43.0 Å². The Balaban J connectivity index is 2.00. The molecule has 5 nitrogen and oxygen atoms in total. The Kier molecular flexibility index (Phi) is 7.77. The Morgan fingerprint density at radius 2 is 1.63 bits per heavy atom. The van der Waals surface area contributed by atoms with Crippen molar-refractivity contribution in [2.75, 3.05) is 20.3 Å². The van der Waals surface area contributed by atoms with Crippen molar-refractivity contribution in [3.8, 4) is 16.9 Å². The molecule has 0 aliphatic rings. The van der Waals surface area contributed by atoms with Crippen LogP contribution >= 0.6 is 0 Å². The van der Waals surface area contributed by atoms with Crippen molar-refractivity contribution in [1.29, 1.82) is 0 Å². The van der Waals surface area contributed by atoms with Gasteiger partial charge in [0.25, 0.3) is 6.47 Å². The monoisotopic (exact) mass is 368 g/mol. The molecule has 0 aromatic heterocycles. The summed E-state index contributed by atoms with van der Waals surface area (Å²) in [6, 6.07) is 15.5. The number of benzene rings is 2. The molecule has 2 rings (SSSR count). The second-order valence-electron chi connectivity index (χ2n) is 6.34. The van der Waals surface area contributed by atoms with E-state index >= 15 is 0 Å². The maximum atomic E-state index is 11.6. The van der Waals surface area contributed by atoms with E-state index < -0.39 is 0 Å². The molecular formula is C22H24O5. The molecule has 2 aromatic rings. The van der Waals surface area contributed by atoms with Crippen molar-refractivity contribution >= 4 is 12.4 Å². The summed E-state index contributed by atoms with van der Waals surface area (Å²) < 4.78 is 15.3. The standard InChI is InChI=1S/C22H24O5/c1-16(2)22(24)26-14-18(13-25-3)12-17-4-6-19(7-5-17)20-8-10-21(11-9-20)27-15-23/h4-11,15,18H,1,12-14H2,2-3H3. The summed E-state index contributed by atoms with van der Waals surface area (Å²) in [5.41, 5.74) is 3.62. The zero-order valence-corrected chi connectivity index (χ0v) is 15.6. The number of esters is 1. The van der Waals surface area contributed by atoms with Crippen molar-refractivity contribution in [2.24, 2.45) is 5.92 Å². The molecule has 0 aliphatic carbocycles. The first-order chi connectivity index (χ1) is 13.0. The molecule has 0 N–H and O–H groups in total. The van der Waals surface area contributed by atoms with Crippen molar-refractivity contribution < 1.29 is 23.8 Å². The molecule has 0 saturated heterocycles. The Labute approximate surface area is 159 Å². The molecule has 142 valence electrons. The van der Waals surface area contributed by atoms with Crippen molar-refractivity contribution in [3.05, 3.63) is 66.2 Å². The molecule has 0 aliphatic heterocycles. The Morgan fingerprint density at radius 3 is 2.15 bits per heavy atom. The van der Waals surface area contributed by atoms with Crippen LogP contribution < -0.4 is 4.74 Å². The lowest BCUT2D eigenvalue weighted by molar-refractivity contribution is -0.140. The maximum absolute atomic E-state index is 11.6. The molecule has 0 saturated carbocycles. The third-order valence-corrected chi connectivity index (χ3v) is 4.05. The summed E-state index contributed by atoms with van der Waals surface area (Å²) in [5, 5.41) is 0. The van der Waals surface area contributed by atoms with E-state index in [0.717, 1.165) is 23.1 Å². The van der Waals surface area contributed by atoms with Crippen molar-refractivity contribution in [3.63, 3.8) is 0 Å². The van der Waals surface area contributed by atoms with Crippen LogP contribution in [0.1, 0.15) is 12.5 Å². The van der Waals surface area contributed by atoms with Crippen LogP contribution in [0.2, 0.25) is 0 Å². The lowest BCUT2D eigenvalue weighted by atomic mass is 9.98. The maximum Gasteiger partial charge on any atom is 0.333 e. The van der Waals surface area contributed by atoms with Gasteiger partial charge in [0.1, 0.15) is 5.75 Å². The number of ether oxygens (including phenoxy) is 3. The highest BCUT2D eigenvalue weighted by Gasteiger charge is 2.13. The molecule has 0 bridgehead atoms. The summed E-state index contributed by atoms with van der Waals surface area (Å²) in [4.78, 5) is 21.9. The van der Waals surface area contributed by atoms with Crippen LogP contribution in [-0.2, 0) is 25.5 Å². The summed E-state index contributed by atoms with van der Waals surface area (Å²) in [7, 11) is 1.63. The molecular weight excluding hydrogens is 344 g/mol. The third kappa shape index (κ3) is 6.38. The molecule has 0 radical (unpaired) electrons.